The maximum atomic E-state index is 12.2. The fraction of sp³-hybridized carbons (Fsp3) is 0.647. The fourth-order valence-electron chi connectivity index (χ4n) is 2.78. The second kappa shape index (κ2) is 7.64. The number of amides is 1. The highest BCUT2D eigenvalue weighted by Crippen LogP contribution is 2.22. The summed E-state index contributed by atoms with van der Waals surface area (Å²) < 4.78 is 5.45. The minimum atomic E-state index is -0.444. The maximum Gasteiger partial charge on any atom is 0.410 e. The molecule has 0 bridgehead atoms. The SMILES string of the molecule is CNCN(c1ccccn1)C1CCN(C(=O)OC(C)(C)C)CC1. The molecule has 0 unspecified atom stereocenters. The lowest BCUT2D eigenvalue weighted by molar-refractivity contribution is 0.0204. The molecule has 6 nitrogen and oxygen atoms in total. The van der Waals surface area contributed by atoms with Gasteiger partial charge in [0.1, 0.15) is 11.4 Å². The van der Waals surface area contributed by atoms with E-state index >= 15 is 0 Å². The Balaban J connectivity index is 1.95. The van der Waals surface area contributed by atoms with E-state index in [0.717, 1.165) is 25.3 Å². The van der Waals surface area contributed by atoms with Crippen molar-refractivity contribution in [3.8, 4) is 0 Å². The summed E-state index contributed by atoms with van der Waals surface area (Å²) in [5.41, 5.74) is -0.444. The molecule has 1 saturated heterocycles. The van der Waals surface area contributed by atoms with Crippen molar-refractivity contribution in [2.75, 3.05) is 31.7 Å². The number of carbonyl (C=O) groups is 1. The van der Waals surface area contributed by atoms with Gasteiger partial charge in [-0.25, -0.2) is 9.78 Å². The summed E-state index contributed by atoms with van der Waals surface area (Å²) in [7, 11) is 1.94. The minimum absolute atomic E-state index is 0.214. The average molecular weight is 320 g/mol. The van der Waals surface area contributed by atoms with Gasteiger partial charge < -0.3 is 19.9 Å². The van der Waals surface area contributed by atoms with Gasteiger partial charge >= 0.3 is 6.09 Å². The Bertz CT molecular complexity index is 493. The molecule has 1 aromatic rings. The number of piperidine rings is 1. The van der Waals surface area contributed by atoms with Crippen molar-refractivity contribution >= 4 is 11.9 Å². The molecule has 6 heteroatoms. The molecular weight excluding hydrogens is 292 g/mol. The van der Waals surface area contributed by atoms with Gasteiger partial charge in [-0.1, -0.05) is 6.07 Å². The van der Waals surface area contributed by atoms with Crippen LogP contribution in [0.25, 0.3) is 0 Å². The third-order valence-electron chi connectivity index (χ3n) is 3.83. The average Bonchev–Trinajstić information content (AvgIpc) is 2.52. The van der Waals surface area contributed by atoms with E-state index in [2.05, 4.69) is 15.2 Å². The third kappa shape index (κ3) is 5.10. The second-order valence-corrected chi connectivity index (χ2v) is 6.87. The number of carbonyl (C=O) groups excluding carboxylic acids is 1. The van der Waals surface area contributed by atoms with Gasteiger partial charge in [0.25, 0.3) is 0 Å². The molecular formula is C17H28N4O2. The summed E-state index contributed by atoms with van der Waals surface area (Å²) in [6.45, 7) is 7.86. The van der Waals surface area contributed by atoms with Crippen LogP contribution in [-0.2, 0) is 4.74 Å². The van der Waals surface area contributed by atoms with Crippen molar-refractivity contribution in [3.63, 3.8) is 0 Å². The highest BCUT2D eigenvalue weighted by atomic mass is 16.6. The smallest absolute Gasteiger partial charge is 0.410 e. The van der Waals surface area contributed by atoms with Gasteiger partial charge in [0.05, 0.1) is 6.67 Å². The zero-order chi connectivity index (χ0) is 16.9. The van der Waals surface area contributed by atoms with Crippen LogP contribution >= 0.6 is 0 Å². The highest BCUT2D eigenvalue weighted by Gasteiger charge is 2.29. The summed E-state index contributed by atoms with van der Waals surface area (Å²) in [6.07, 6.45) is 3.43. The number of pyridine rings is 1. The Morgan fingerprint density at radius 3 is 2.61 bits per heavy atom. The van der Waals surface area contributed by atoms with Crippen LogP contribution in [0, 0.1) is 0 Å². The van der Waals surface area contributed by atoms with Gasteiger partial charge in [-0.2, -0.15) is 0 Å². The summed E-state index contributed by atoms with van der Waals surface area (Å²) in [4.78, 5) is 20.7. The van der Waals surface area contributed by atoms with Crippen LogP contribution in [0.4, 0.5) is 10.6 Å². The Hall–Kier alpha value is -1.82. The molecule has 1 aromatic heterocycles. The van der Waals surface area contributed by atoms with Crippen LogP contribution in [-0.4, -0.2) is 54.4 Å². The molecule has 0 spiro atoms. The number of nitrogens with one attached hydrogen (secondary N) is 1. The Kier molecular flexibility index (Phi) is 5.82. The number of nitrogens with zero attached hydrogens (tertiary/aromatic N) is 3. The second-order valence-electron chi connectivity index (χ2n) is 6.87. The summed E-state index contributed by atoms with van der Waals surface area (Å²) in [5.74, 6) is 0.970. The number of hydrogen-bond acceptors (Lipinski definition) is 5. The lowest BCUT2D eigenvalue weighted by atomic mass is 10.0. The van der Waals surface area contributed by atoms with Gasteiger partial charge in [-0.15, -0.1) is 0 Å². The molecule has 1 fully saturated rings. The monoisotopic (exact) mass is 320 g/mol. The molecule has 0 saturated carbocycles. The molecule has 1 aliphatic heterocycles. The Labute approximate surface area is 138 Å². The van der Waals surface area contributed by atoms with E-state index in [9.17, 15) is 4.79 Å². The number of anilines is 1. The van der Waals surface area contributed by atoms with E-state index in [1.165, 1.54) is 0 Å². The minimum Gasteiger partial charge on any atom is -0.444 e. The van der Waals surface area contributed by atoms with E-state index in [0.29, 0.717) is 19.1 Å². The van der Waals surface area contributed by atoms with Gasteiger partial charge in [-0.3, -0.25) is 0 Å². The highest BCUT2D eigenvalue weighted by molar-refractivity contribution is 5.68. The topological polar surface area (TPSA) is 57.7 Å². The molecule has 2 heterocycles. The first kappa shape index (κ1) is 17.5. The first-order chi connectivity index (χ1) is 10.9. The lowest BCUT2D eigenvalue weighted by Crippen LogP contribution is -2.50. The van der Waals surface area contributed by atoms with Gasteiger partial charge in [-0.05, 0) is 52.8 Å². The number of ether oxygens (including phenoxy) is 1. The van der Waals surface area contributed by atoms with Crippen LogP contribution in [0.1, 0.15) is 33.6 Å². The molecule has 0 atom stereocenters. The standard InChI is InChI=1S/C17H28N4O2/c1-17(2,3)23-16(22)20-11-8-14(9-12-20)21(13-18-4)15-7-5-6-10-19-15/h5-7,10,14,18H,8-9,11-13H2,1-4H3. The molecule has 0 radical (unpaired) electrons. The maximum absolute atomic E-state index is 12.2. The van der Waals surface area contributed by atoms with E-state index < -0.39 is 5.60 Å². The Morgan fingerprint density at radius 1 is 1.39 bits per heavy atom. The van der Waals surface area contributed by atoms with Crippen molar-refractivity contribution < 1.29 is 9.53 Å². The van der Waals surface area contributed by atoms with E-state index in [1.54, 1.807) is 4.90 Å². The van der Waals surface area contributed by atoms with Crippen molar-refractivity contribution in [2.45, 2.75) is 45.3 Å². The van der Waals surface area contributed by atoms with Crippen LogP contribution in [0.3, 0.4) is 0 Å². The van der Waals surface area contributed by atoms with Crippen molar-refractivity contribution in [2.24, 2.45) is 0 Å². The summed E-state index contributed by atoms with van der Waals surface area (Å²) >= 11 is 0. The van der Waals surface area contributed by atoms with E-state index in [4.69, 9.17) is 4.74 Å². The number of aromatic nitrogens is 1. The van der Waals surface area contributed by atoms with E-state index in [1.807, 2.05) is 52.2 Å². The third-order valence-corrected chi connectivity index (χ3v) is 3.83. The van der Waals surface area contributed by atoms with Crippen molar-refractivity contribution in [1.29, 1.82) is 0 Å². The number of rotatable bonds is 4. The summed E-state index contributed by atoms with van der Waals surface area (Å²) in [6, 6.07) is 6.32. The summed E-state index contributed by atoms with van der Waals surface area (Å²) in [5, 5.41) is 3.21. The van der Waals surface area contributed by atoms with E-state index in [-0.39, 0.29) is 6.09 Å². The van der Waals surface area contributed by atoms with Crippen LogP contribution in [0.2, 0.25) is 0 Å². The first-order valence-electron chi connectivity index (χ1n) is 8.21. The van der Waals surface area contributed by atoms with Crippen LogP contribution in [0.15, 0.2) is 24.4 Å². The lowest BCUT2D eigenvalue weighted by Gasteiger charge is -2.39. The normalized spacial score (nSPS) is 16.3. The molecule has 1 aliphatic rings. The zero-order valence-electron chi connectivity index (χ0n) is 14.6. The molecule has 0 aromatic carbocycles. The zero-order valence-corrected chi connectivity index (χ0v) is 14.6. The molecule has 1 N–H and O–H groups in total. The van der Waals surface area contributed by atoms with Gasteiger partial charge in [0.2, 0.25) is 0 Å². The predicted octanol–water partition coefficient (Wildman–Crippen LogP) is 2.46. The first-order valence-corrected chi connectivity index (χ1v) is 8.21. The molecule has 1 amide bonds. The molecule has 128 valence electrons. The number of likely N-dealkylation sites (tertiary alicyclic amines) is 1. The quantitative estimate of drug-likeness (QED) is 0.864. The van der Waals surface area contributed by atoms with Gasteiger partial charge in [0.15, 0.2) is 0 Å². The van der Waals surface area contributed by atoms with Crippen LogP contribution in [0.5, 0.6) is 0 Å². The molecule has 0 aliphatic carbocycles. The largest absolute Gasteiger partial charge is 0.444 e. The fourth-order valence-corrected chi connectivity index (χ4v) is 2.78. The van der Waals surface area contributed by atoms with Crippen LogP contribution < -0.4 is 10.2 Å². The molecule has 2 rings (SSSR count). The Morgan fingerprint density at radius 2 is 2.09 bits per heavy atom. The molecule has 23 heavy (non-hydrogen) atoms. The van der Waals surface area contributed by atoms with Gasteiger partial charge in [0, 0.05) is 25.3 Å². The number of hydrogen-bond donors (Lipinski definition) is 1. The van der Waals surface area contributed by atoms with Crippen molar-refractivity contribution in [3.05, 3.63) is 24.4 Å². The predicted molar refractivity (Wildman–Crippen MR) is 91.5 cm³/mol. The van der Waals surface area contributed by atoms with Crippen molar-refractivity contribution in [1.82, 2.24) is 15.2 Å².